The number of hydrogen-bond acceptors (Lipinski definition) is 2. The van der Waals surface area contributed by atoms with Gasteiger partial charge in [-0.3, -0.25) is 0 Å². The van der Waals surface area contributed by atoms with Crippen molar-refractivity contribution in [3.8, 4) is 0 Å². The Morgan fingerprint density at radius 1 is 1.18 bits per heavy atom. The molecular weight excluding hydrogens is 228 g/mol. The van der Waals surface area contributed by atoms with E-state index in [2.05, 4.69) is 58.2 Å². The fraction of sp³-hybridized carbons (Fsp3) is 0.600. The SMILES string of the molecule is CSCC(C)C(O)c1ccc(C(C)(C)C)cc1. The van der Waals surface area contributed by atoms with Gasteiger partial charge in [-0.25, -0.2) is 0 Å². The van der Waals surface area contributed by atoms with Crippen molar-refractivity contribution in [3.05, 3.63) is 35.4 Å². The number of aliphatic hydroxyl groups excluding tert-OH is 1. The first-order valence-electron chi connectivity index (χ1n) is 6.13. The average Bonchev–Trinajstić information content (AvgIpc) is 2.27. The summed E-state index contributed by atoms with van der Waals surface area (Å²) in [4.78, 5) is 0. The second-order valence-corrected chi connectivity index (χ2v) is 6.66. The lowest BCUT2D eigenvalue weighted by atomic mass is 9.86. The Morgan fingerprint density at radius 2 is 1.71 bits per heavy atom. The molecule has 0 aliphatic carbocycles. The van der Waals surface area contributed by atoms with Crippen LogP contribution in [-0.4, -0.2) is 17.1 Å². The summed E-state index contributed by atoms with van der Waals surface area (Å²) in [6, 6.07) is 8.37. The van der Waals surface area contributed by atoms with Crippen LogP contribution in [0.25, 0.3) is 0 Å². The minimum Gasteiger partial charge on any atom is -0.388 e. The molecule has 1 aromatic carbocycles. The molecule has 2 heteroatoms. The van der Waals surface area contributed by atoms with E-state index in [1.807, 2.05) is 0 Å². The van der Waals surface area contributed by atoms with Crippen LogP contribution >= 0.6 is 11.8 Å². The lowest BCUT2D eigenvalue weighted by Crippen LogP contribution is -2.13. The molecule has 0 aromatic heterocycles. The van der Waals surface area contributed by atoms with Gasteiger partial charge in [-0.05, 0) is 34.5 Å². The van der Waals surface area contributed by atoms with Crippen LogP contribution in [0.2, 0.25) is 0 Å². The second-order valence-electron chi connectivity index (χ2n) is 5.75. The molecule has 2 unspecified atom stereocenters. The van der Waals surface area contributed by atoms with Crippen LogP contribution in [0.1, 0.15) is 44.9 Å². The first-order chi connectivity index (χ1) is 7.86. The molecule has 1 N–H and O–H groups in total. The van der Waals surface area contributed by atoms with E-state index >= 15 is 0 Å². The third-order valence-corrected chi connectivity index (χ3v) is 3.95. The smallest absolute Gasteiger partial charge is 0.0823 e. The summed E-state index contributed by atoms with van der Waals surface area (Å²) < 4.78 is 0. The summed E-state index contributed by atoms with van der Waals surface area (Å²) in [6.07, 6.45) is 1.72. The van der Waals surface area contributed by atoms with Crippen molar-refractivity contribution in [1.82, 2.24) is 0 Å². The molecule has 0 bridgehead atoms. The molecule has 0 aliphatic rings. The van der Waals surface area contributed by atoms with Gasteiger partial charge in [0.1, 0.15) is 0 Å². The topological polar surface area (TPSA) is 20.2 Å². The highest BCUT2D eigenvalue weighted by molar-refractivity contribution is 7.98. The molecule has 1 aromatic rings. The van der Waals surface area contributed by atoms with E-state index in [9.17, 15) is 5.11 Å². The maximum Gasteiger partial charge on any atom is 0.0823 e. The van der Waals surface area contributed by atoms with Gasteiger partial charge < -0.3 is 5.11 Å². The molecule has 0 saturated carbocycles. The largest absolute Gasteiger partial charge is 0.388 e. The summed E-state index contributed by atoms with van der Waals surface area (Å²) in [5.41, 5.74) is 2.51. The zero-order valence-corrected chi connectivity index (χ0v) is 12.3. The minimum absolute atomic E-state index is 0.175. The molecule has 0 aliphatic heterocycles. The third kappa shape index (κ3) is 4.04. The van der Waals surface area contributed by atoms with Gasteiger partial charge in [0.15, 0.2) is 0 Å². The number of hydrogen-bond donors (Lipinski definition) is 1. The summed E-state index contributed by atoms with van der Waals surface area (Å²) in [5, 5.41) is 10.2. The first kappa shape index (κ1) is 14.6. The Kier molecular flexibility index (Phi) is 5.08. The quantitative estimate of drug-likeness (QED) is 0.873. The average molecular weight is 252 g/mol. The van der Waals surface area contributed by atoms with Gasteiger partial charge in [-0.2, -0.15) is 11.8 Å². The van der Waals surface area contributed by atoms with E-state index < -0.39 is 0 Å². The summed E-state index contributed by atoms with van der Waals surface area (Å²) in [6.45, 7) is 8.71. The van der Waals surface area contributed by atoms with Crippen LogP contribution in [0.4, 0.5) is 0 Å². The van der Waals surface area contributed by atoms with Crippen molar-refractivity contribution < 1.29 is 5.11 Å². The van der Waals surface area contributed by atoms with Crippen LogP contribution in [-0.2, 0) is 5.41 Å². The van der Waals surface area contributed by atoms with Gasteiger partial charge in [0.05, 0.1) is 6.10 Å². The molecule has 0 heterocycles. The van der Waals surface area contributed by atoms with Crippen LogP contribution in [0.3, 0.4) is 0 Å². The highest BCUT2D eigenvalue weighted by atomic mass is 32.2. The predicted molar refractivity (Wildman–Crippen MR) is 77.6 cm³/mol. The van der Waals surface area contributed by atoms with E-state index in [1.54, 1.807) is 11.8 Å². The summed E-state index contributed by atoms with van der Waals surface area (Å²) >= 11 is 1.78. The second kappa shape index (κ2) is 5.92. The highest BCUT2D eigenvalue weighted by Gasteiger charge is 2.17. The fourth-order valence-corrected chi connectivity index (χ4v) is 2.57. The van der Waals surface area contributed by atoms with E-state index in [-0.39, 0.29) is 11.5 Å². The molecule has 96 valence electrons. The Hall–Kier alpha value is -0.470. The molecule has 1 nitrogen and oxygen atoms in total. The molecule has 1 rings (SSSR count). The van der Waals surface area contributed by atoms with E-state index in [0.717, 1.165) is 11.3 Å². The number of rotatable bonds is 4. The molecule has 0 spiro atoms. The van der Waals surface area contributed by atoms with Crippen molar-refractivity contribution in [1.29, 1.82) is 0 Å². The van der Waals surface area contributed by atoms with Gasteiger partial charge in [-0.1, -0.05) is 52.0 Å². The van der Waals surface area contributed by atoms with Crippen LogP contribution in [0, 0.1) is 5.92 Å². The molecular formula is C15H24OS. The van der Waals surface area contributed by atoms with Crippen molar-refractivity contribution in [2.75, 3.05) is 12.0 Å². The van der Waals surface area contributed by atoms with Gasteiger partial charge in [0.2, 0.25) is 0 Å². The molecule has 17 heavy (non-hydrogen) atoms. The number of benzene rings is 1. The maximum atomic E-state index is 10.2. The lowest BCUT2D eigenvalue weighted by Gasteiger charge is -2.22. The van der Waals surface area contributed by atoms with Gasteiger partial charge in [0, 0.05) is 0 Å². The Labute approximate surface area is 110 Å². The Bertz CT molecular complexity index is 337. The molecule has 0 radical (unpaired) electrons. The standard InChI is InChI=1S/C15H24OS/c1-11(10-17-5)14(16)12-6-8-13(9-7-12)15(2,3)4/h6-9,11,14,16H,10H2,1-5H3. The molecule has 0 amide bonds. The van der Waals surface area contributed by atoms with Crippen molar-refractivity contribution >= 4 is 11.8 Å². The van der Waals surface area contributed by atoms with E-state index in [4.69, 9.17) is 0 Å². The Balaban J connectivity index is 2.80. The maximum absolute atomic E-state index is 10.2. The molecule has 0 fully saturated rings. The Morgan fingerprint density at radius 3 is 2.12 bits per heavy atom. The van der Waals surface area contributed by atoms with Crippen LogP contribution < -0.4 is 0 Å². The van der Waals surface area contributed by atoms with Crippen molar-refractivity contribution in [2.45, 2.75) is 39.2 Å². The predicted octanol–water partition coefficient (Wildman–Crippen LogP) is 4.02. The third-order valence-electron chi connectivity index (χ3n) is 3.09. The fourth-order valence-electron chi connectivity index (χ4n) is 1.86. The highest BCUT2D eigenvalue weighted by Crippen LogP contribution is 2.27. The molecule has 2 atom stereocenters. The monoisotopic (exact) mass is 252 g/mol. The molecule has 0 saturated heterocycles. The van der Waals surface area contributed by atoms with Crippen molar-refractivity contribution in [3.63, 3.8) is 0 Å². The lowest BCUT2D eigenvalue weighted by molar-refractivity contribution is 0.129. The van der Waals surface area contributed by atoms with Gasteiger partial charge in [-0.15, -0.1) is 0 Å². The van der Waals surface area contributed by atoms with E-state index in [1.165, 1.54) is 5.56 Å². The number of thioether (sulfide) groups is 1. The zero-order valence-electron chi connectivity index (χ0n) is 11.5. The number of aliphatic hydroxyl groups is 1. The first-order valence-corrected chi connectivity index (χ1v) is 7.53. The van der Waals surface area contributed by atoms with Gasteiger partial charge >= 0.3 is 0 Å². The summed E-state index contributed by atoms with van der Waals surface area (Å²) in [7, 11) is 0. The van der Waals surface area contributed by atoms with Gasteiger partial charge in [0.25, 0.3) is 0 Å². The normalized spacial score (nSPS) is 15.6. The van der Waals surface area contributed by atoms with Crippen LogP contribution in [0.15, 0.2) is 24.3 Å². The minimum atomic E-state index is -0.350. The van der Waals surface area contributed by atoms with Crippen LogP contribution in [0.5, 0.6) is 0 Å². The zero-order chi connectivity index (χ0) is 13.1. The van der Waals surface area contributed by atoms with Crippen molar-refractivity contribution in [2.24, 2.45) is 5.92 Å². The van der Waals surface area contributed by atoms with E-state index in [0.29, 0.717) is 5.92 Å². The summed E-state index contributed by atoms with van der Waals surface area (Å²) in [5.74, 6) is 1.29.